The summed E-state index contributed by atoms with van der Waals surface area (Å²) < 4.78 is 19.4. The summed E-state index contributed by atoms with van der Waals surface area (Å²) >= 11 is 0. The van der Waals surface area contributed by atoms with E-state index in [0.717, 1.165) is 24.8 Å². The summed E-state index contributed by atoms with van der Waals surface area (Å²) in [6.45, 7) is 6.26. The lowest BCUT2D eigenvalue weighted by molar-refractivity contribution is -0.170. The van der Waals surface area contributed by atoms with Crippen LogP contribution in [0.4, 0.5) is 0 Å². The van der Waals surface area contributed by atoms with Crippen LogP contribution in [0.1, 0.15) is 54.9 Å². The number of aromatic nitrogens is 1. The number of ether oxygens (including phenoxy) is 3. The molecule has 1 aromatic heterocycles. The Hall–Kier alpha value is -2.64. The van der Waals surface area contributed by atoms with E-state index in [0.29, 0.717) is 31.1 Å². The first-order chi connectivity index (χ1) is 15.0. The van der Waals surface area contributed by atoms with Gasteiger partial charge in [-0.25, -0.2) is 0 Å². The number of fused-ring (bicyclic) bond motifs is 1. The van der Waals surface area contributed by atoms with Crippen molar-refractivity contribution in [2.24, 2.45) is 0 Å². The van der Waals surface area contributed by atoms with Crippen LogP contribution in [-0.2, 0) is 29.2 Å². The summed E-state index contributed by atoms with van der Waals surface area (Å²) in [5.74, 6) is -0.0750. The van der Waals surface area contributed by atoms with Crippen LogP contribution in [-0.4, -0.2) is 40.9 Å². The van der Waals surface area contributed by atoms with Crippen molar-refractivity contribution in [3.8, 4) is 5.75 Å². The Morgan fingerprint density at radius 3 is 2.61 bits per heavy atom. The Morgan fingerprint density at radius 2 is 1.90 bits per heavy atom. The standard InChI is InChI=1S/C24H30N2O5/c1-17(2)25-11-12-26-19(16-30-21-10-6-7-13-29-21)14-20(27)23(22(26)24(25)28)31-15-18-8-4-3-5-9-18/h3-5,8-9,14,17,21H,6-7,10-13,15-16H2,1-2H3. The van der Waals surface area contributed by atoms with Crippen LogP contribution < -0.4 is 10.2 Å². The minimum absolute atomic E-state index is 0.0360. The van der Waals surface area contributed by atoms with E-state index >= 15 is 0 Å². The molecule has 1 atom stereocenters. The summed E-state index contributed by atoms with van der Waals surface area (Å²) in [6.07, 6.45) is 2.69. The summed E-state index contributed by atoms with van der Waals surface area (Å²) in [7, 11) is 0. The van der Waals surface area contributed by atoms with Gasteiger partial charge < -0.3 is 23.7 Å². The van der Waals surface area contributed by atoms with Crippen molar-refractivity contribution in [1.29, 1.82) is 0 Å². The van der Waals surface area contributed by atoms with Crippen molar-refractivity contribution < 1.29 is 19.0 Å². The van der Waals surface area contributed by atoms with Crippen molar-refractivity contribution in [2.75, 3.05) is 13.2 Å². The van der Waals surface area contributed by atoms with Crippen molar-refractivity contribution in [2.45, 2.75) is 65.2 Å². The number of hydrogen-bond donors (Lipinski definition) is 0. The van der Waals surface area contributed by atoms with E-state index in [9.17, 15) is 9.59 Å². The molecular formula is C24H30N2O5. The van der Waals surface area contributed by atoms with E-state index < -0.39 is 0 Å². The topological polar surface area (TPSA) is 70.0 Å². The highest BCUT2D eigenvalue weighted by Gasteiger charge is 2.32. The number of pyridine rings is 1. The Bertz CT molecular complexity index is 964. The van der Waals surface area contributed by atoms with Gasteiger partial charge in [0.25, 0.3) is 5.91 Å². The number of hydrogen-bond acceptors (Lipinski definition) is 5. The largest absolute Gasteiger partial charge is 0.483 e. The zero-order valence-electron chi connectivity index (χ0n) is 18.2. The molecule has 2 aromatic rings. The summed E-state index contributed by atoms with van der Waals surface area (Å²) in [6, 6.07) is 11.2. The highest BCUT2D eigenvalue weighted by atomic mass is 16.7. The molecule has 0 aliphatic carbocycles. The van der Waals surface area contributed by atoms with Crippen LogP contribution in [0.5, 0.6) is 5.75 Å². The molecule has 0 saturated carbocycles. The highest BCUT2D eigenvalue weighted by Crippen LogP contribution is 2.25. The van der Waals surface area contributed by atoms with Crippen LogP contribution in [0.25, 0.3) is 0 Å². The predicted octanol–water partition coefficient (Wildman–Crippen LogP) is 3.33. The zero-order valence-corrected chi connectivity index (χ0v) is 18.2. The lowest BCUT2D eigenvalue weighted by atomic mass is 10.1. The fourth-order valence-electron chi connectivity index (χ4n) is 4.09. The molecule has 1 amide bonds. The minimum Gasteiger partial charge on any atom is -0.483 e. The van der Waals surface area contributed by atoms with Gasteiger partial charge in [0.15, 0.2) is 17.7 Å². The second kappa shape index (κ2) is 9.66. The average Bonchev–Trinajstić information content (AvgIpc) is 2.78. The maximum atomic E-state index is 13.3. The van der Waals surface area contributed by atoms with E-state index in [1.54, 1.807) is 4.90 Å². The molecule has 2 aliphatic heterocycles. The van der Waals surface area contributed by atoms with Crippen LogP contribution >= 0.6 is 0 Å². The lowest BCUT2D eigenvalue weighted by Crippen LogP contribution is -2.46. The first kappa shape index (κ1) is 21.6. The van der Waals surface area contributed by atoms with E-state index in [1.165, 1.54) is 6.07 Å². The molecule has 1 saturated heterocycles. The Labute approximate surface area is 182 Å². The SMILES string of the molecule is CC(C)N1CCn2c(COC3CCCCO3)cc(=O)c(OCc3ccccc3)c2C1=O. The third kappa shape index (κ3) is 4.83. The van der Waals surface area contributed by atoms with E-state index in [4.69, 9.17) is 14.2 Å². The predicted molar refractivity (Wildman–Crippen MR) is 116 cm³/mol. The first-order valence-electron chi connectivity index (χ1n) is 11.0. The Balaban J connectivity index is 1.64. The number of carbonyl (C=O) groups excluding carboxylic acids is 1. The molecule has 0 radical (unpaired) electrons. The van der Waals surface area contributed by atoms with Crippen LogP contribution in [0.3, 0.4) is 0 Å². The minimum atomic E-state index is -0.302. The third-order valence-corrected chi connectivity index (χ3v) is 5.79. The smallest absolute Gasteiger partial charge is 0.274 e. The molecule has 1 aromatic carbocycles. The lowest BCUT2D eigenvalue weighted by Gasteiger charge is -2.35. The summed E-state index contributed by atoms with van der Waals surface area (Å²) in [4.78, 5) is 28.1. The molecule has 31 heavy (non-hydrogen) atoms. The molecule has 0 N–H and O–H groups in total. The third-order valence-electron chi connectivity index (χ3n) is 5.79. The highest BCUT2D eigenvalue weighted by molar-refractivity contribution is 5.96. The van der Waals surface area contributed by atoms with Gasteiger partial charge in [-0.05, 0) is 38.7 Å². The van der Waals surface area contributed by atoms with Gasteiger partial charge in [-0.15, -0.1) is 0 Å². The second-order valence-electron chi connectivity index (χ2n) is 8.30. The van der Waals surface area contributed by atoms with Gasteiger partial charge in [-0.2, -0.15) is 0 Å². The second-order valence-corrected chi connectivity index (χ2v) is 8.30. The van der Waals surface area contributed by atoms with Crippen LogP contribution in [0.2, 0.25) is 0 Å². The molecule has 2 aliphatic rings. The van der Waals surface area contributed by atoms with Gasteiger partial charge in [-0.3, -0.25) is 9.59 Å². The molecule has 1 fully saturated rings. The molecule has 7 nitrogen and oxygen atoms in total. The Morgan fingerprint density at radius 1 is 1.10 bits per heavy atom. The van der Waals surface area contributed by atoms with Crippen LogP contribution in [0.15, 0.2) is 41.2 Å². The van der Waals surface area contributed by atoms with Gasteiger partial charge in [0.05, 0.1) is 6.61 Å². The Kier molecular flexibility index (Phi) is 6.73. The van der Waals surface area contributed by atoms with Gasteiger partial charge >= 0.3 is 0 Å². The molecule has 166 valence electrons. The number of amides is 1. The molecule has 7 heteroatoms. The molecule has 0 bridgehead atoms. The fourth-order valence-corrected chi connectivity index (χ4v) is 4.09. The van der Waals surface area contributed by atoms with E-state index in [-0.39, 0.29) is 42.6 Å². The number of rotatable bonds is 7. The summed E-state index contributed by atoms with van der Waals surface area (Å²) in [5.41, 5.74) is 1.63. The molecule has 4 rings (SSSR count). The van der Waals surface area contributed by atoms with Crippen LogP contribution in [0, 0.1) is 0 Å². The van der Waals surface area contributed by atoms with Gasteiger partial charge in [0.2, 0.25) is 5.43 Å². The van der Waals surface area contributed by atoms with E-state index in [2.05, 4.69) is 0 Å². The number of nitrogens with zero attached hydrogens (tertiary/aromatic N) is 2. The van der Waals surface area contributed by atoms with Gasteiger partial charge in [-0.1, -0.05) is 30.3 Å². The molecule has 1 unspecified atom stereocenters. The monoisotopic (exact) mass is 426 g/mol. The van der Waals surface area contributed by atoms with Crippen molar-refractivity contribution in [1.82, 2.24) is 9.47 Å². The van der Waals surface area contributed by atoms with Gasteiger partial charge in [0, 0.05) is 37.5 Å². The van der Waals surface area contributed by atoms with Crippen molar-refractivity contribution in [3.05, 3.63) is 63.6 Å². The normalized spacial score (nSPS) is 18.9. The van der Waals surface area contributed by atoms with Crippen molar-refractivity contribution >= 4 is 5.91 Å². The molecule has 3 heterocycles. The quantitative estimate of drug-likeness (QED) is 0.679. The molecular weight excluding hydrogens is 396 g/mol. The maximum Gasteiger partial charge on any atom is 0.274 e. The zero-order chi connectivity index (χ0) is 21.8. The number of carbonyl (C=O) groups is 1. The molecule has 0 spiro atoms. The maximum absolute atomic E-state index is 13.3. The summed E-state index contributed by atoms with van der Waals surface area (Å²) in [5, 5.41) is 0. The number of benzene rings is 1. The first-order valence-corrected chi connectivity index (χ1v) is 11.0. The van der Waals surface area contributed by atoms with Gasteiger partial charge in [0.1, 0.15) is 6.61 Å². The average molecular weight is 427 g/mol. The van der Waals surface area contributed by atoms with Crippen molar-refractivity contribution in [3.63, 3.8) is 0 Å². The van der Waals surface area contributed by atoms with E-state index in [1.807, 2.05) is 48.7 Å². The fraction of sp³-hybridized carbons (Fsp3) is 0.500.